The minimum Gasteiger partial charge on any atom is -0.465 e. The highest BCUT2D eigenvalue weighted by atomic mass is 16.5. The summed E-state index contributed by atoms with van der Waals surface area (Å²) < 4.78 is 4.93. The van der Waals surface area contributed by atoms with Crippen molar-refractivity contribution in [2.24, 2.45) is 0 Å². The second-order valence-electron chi connectivity index (χ2n) is 4.52. The lowest BCUT2D eigenvalue weighted by atomic mass is 10.0. The molecular formula is C16H13NO2. The average Bonchev–Trinajstić information content (AvgIpc) is 2.44. The maximum Gasteiger partial charge on any atom is 0.339 e. The summed E-state index contributed by atoms with van der Waals surface area (Å²) in [6.07, 6.45) is 0. The molecule has 0 bridgehead atoms. The zero-order valence-electron chi connectivity index (χ0n) is 10.8. The van der Waals surface area contributed by atoms with Crippen LogP contribution in [0.25, 0.3) is 21.8 Å². The average molecular weight is 251 g/mol. The van der Waals surface area contributed by atoms with Crippen LogP contribution >= 0.6 is 0 Å². The molecule has 0 fully saturated rings. The molecule has 3 aromatic rings. The Bertz CT molecular complexity index is 793. The van der Waals surface area contributed by atoms with E-state index >= 15 is 0 Å². The molecule has 3 rings (SSSR count). The van der Waals surface area contributed by atoms with E-state index in [-0.39, 0.29) is 5.97 Å². The first-order valence-electron chi connectivity index (χ1n) is 6.08. The third-order valence-corrected chi connectivity index (χ3v) is 3.23. The minimum absolute atomic E-state index is 0.325. The Kier molecular flexibility index (Phi) is 2.67. The smallest absolute Gasteiger partial charge is 0.339 e. The summed E-state index contributed by atoms with van der Waals surface area (Å²) in [6.45, 7) is 2.00. The first kappa shape index (κ1) is 11.7. The van der Waals surface area contributed by atoms with Crippen molar-refractivity contribution in [2.75, 3.05) is 7.11 Å². The van der Waals surface area contributed by atoms with Crippen molar-refractivity contribution in [3.05, 3.63) is 53.6 Å². The zero-order valence-corrected chi connectivity index (χ0v) is 10.8. The van der Waals surface area contributed by atoms with E-state index in [1.54, 1.807) is 0 Å². The van der Waals surface area contributed by atoms with E-state index in [2.05, 4.69) is 4.98 Å². The van der Waals surface area contributed by atoms with E-state index in [0.717, 1.165) is 27.4 Å². The molecular weight excluding hydrogens is 238 g/mol. The van der Waals surface area contributed by atoms with Crippen LogP contribution in [0.1, 0.15) is 15.9 Å². The molecule has 1 aromatic heterocycles. The van der Waals surface area contributed by atoms with Crippen LogP contribution in [0.5, 0.6) is 0 Å². The van der Waals surface area contributed by atoms with Gasteiger partial charge in [0.25, 0.3) is 0 Å². The van der Waals surface area contributed by atoms with Crippen LogP contribution in [0.3, 0.4) is 0 Å². The first-order chi connectivity index (χ1) is 9.20. The van der Waals surface area contributed by atoms with Gasteiger partial charge in [0.15, 0.2) is 0 Å². The Labute approximate surface area is 110 Å². The number of esters is 1. The van der Waals surface area contributed by atoms with Gasteiger partial charge in [0.05, 0.1) is 23.7 Å². The van der Waals surface area contributed by atoms with Crippen LogP contribution in [-0.2, 0) is 4.74 Å². The lowest BCUT2D eigenvalue weighted by Crippen LogP contribution is -2.04. The Balaban J connectivity index is 2.53. The molecule has 3 nitrogen and oxygen atoms in total. The molecule has 0 atom stereocenters. The standard InChI is InChI=1S/C16H13NO2/c1-10-7-8-14-12(9-10)15(16(18)19-2)11-5-3-4-6-13(11)17-14/h3-9H,1-2H3. The van der Waals surface area contributed by atoms with Crippen LogP contribution in [0.2, 0.25) is 0 Å². The fraction of sp³-hybridized carbons (Fsp3) is 0.125. The largest absolute Gasteiger partial charge is 0.465 e. The molecule has 0 unspecified atom stereocenters. The number of carbonyl (C=O) groups is 1. The number of pyridine rings is 1. The van der Waals surface area contributed by atoms with Crippen molar-refractivity contribution in [3.63, 3.8) is 0 Å². The highest BCUT2D eigenvalue weighted by Crippen LogP contribution is 2.27. The molecule has 0 saturated carbocycles. The molecule has 0 radical (unpaired) electrons. The summed E-state index contributed by atoms with van der Waals surface area (Å²) in [6, 6.07) is 13.5. The van der Waals surface area contributed by atoms with E-state index in [0.29, 0.717) is 5.56 Å². The lowest BCUT2D eigenvalue weighted by Gasteiger charge is -2.09. The minimum atomic E-state index is -0.325. The number of ether oxygens (including phenoxy) is 1. The van der Waals surface area contributed by atoms with Crippen LogP contribution < -0.4 is 0 Å². The predicted molar refractivity (Wildman–Crippen MR) is 75.3 cm³/mol. The van der Waals surface area contributed by atoms with E-state index in [4.69, 9.17) is 4.74 Å². The summed E-state index contributed by atoms with van der Waals surface area (Å²) in [5.41, 5.74) is 3.30. The van der Waals surface area contributed by atoms with Gasteiger partial charge in [0.1, 0.15) is 0 Å². The number of rotatable bonds is 1. The first-order valence-corrected chi connectivity index (χ1v) is 6.08. The second-order valence-corrected chi connectivity index (χ2v) is 4.52. The van der Waals surface area contributed by atoms with Crippen molar-refractivity contribution in [2.45, 2.75) is 6.92 Å². The normalized spacial score (nSPS) is 10.8. The number of benzene rings is 2. The molecule has 0 aliphatic heterocycles. The van der Waals surface area contributed by atoms with E-state index in [1.165, 1.54) is 7.11 Å². The fourth-order valence-corrected chi connectivity index (χ4v) is 2.33. The number of para-hydroxylation sites is 1. The van der Waals surface area contributed by atoms with Crippen LogP contribution in [-0.4, -0.2) is 18.1 Å². The van der Waals surface area contributed by atoms with Crippen molar-refractivity contribution in [1.82, 2.24) is 4.98 Å². The molecule has 0 aliphatic carbocycles. The number of carbonyl (C=O) groups excluding carboxylic acids is 1. The van der Waals surface area contributed by atoms with Crippen LogP contribution in [0, 0.1) is 6.92 Å². The molecule has 0 saturated heterocycles. The number of methoxy groups -OCH3 is 1. The van der Waals surface area contributed by atoms with Crippen LogP contribution in [0.4, 0.5) is 0 Å². The summed E-state index contributed by atoms with van der Waals surface area (Å²) in [5.74, 6) is -0.325. The number of aromatic nitrogens is 1. The summed E-state index contributed by atoms with van der Waals surface area (Å²) in [4.78, 5) is 16.7. The summed E-state index contributed by atoms with van der Waals surface area (Å²) in [7, 11) is 1.40. The quantitative estimate of drug-likeness (QED) is 0.491. The summed E-state index contributed by atoms with van der Waals surface area (Å²) in [5, 5.41) is 1.66. The van der Waals surface area contributed by atoms with Gasteiger partial charge in [-0.2, -0.15) is 0 Å². The van der Waals surface area contributed by atoms with E-state index < -0.39 is 0 Å². The van der Waals surface area contributed by atoms with Gasteiger partial charge < -0.3 is 4.74 Å². The molecule has 3 heteroatoms. The molecule has 0 spiro atoms. The number of fused-ring (bicyclic) bond motifs is 2. The highest BCUT2D eigenvalue weighted by Gasteiger charge is 2.16. The van der Waals surface area contributed by atoms with Crippen molar-refractivity contribution < 1.29 is 9.53 Å². The number of hydrogen-bond acceptors (Lipinski definition) is 3. The Morgan fingerprint density at radius 1 is 1.05 bits per heavy atom. The maximum atomic E-state index is 12.1. The maximum absolute atomic E-state index is 12.1. The molecule has 0 N–H and O–H groups in total. The second kappa shape index (κ2) is 4.35. The van der Waals surface area contributed by atoms with E-state index in [1.807, 2.05) is 49.4 Å². The topological polar surface area (TPSA) is 39.2 Å². The Morgan fingerprint density at radius 2 is 1.79 bits per heavy atom. The van der Waals surface area contributed by atoms with Gasteiger partial charge in [-0.15, -0.1) is 0 Å². The molecule has 0 aliphatic rings. The molecule has 94 valence electrons. The van der Waals surface area contributed by atoms with Gasteiger partial charge in [0.2, 0.25) is 0 Å². The van der Waals surface area contributed by atoms with Crippen molar-refractivity contribution in [3.8, 4) is 0 Å². The van der Waals surface area contributed by atoms with Gasteiger partial charge in [0, 0.05) is 10.8 Å². The Hall–Kier alpha value is -2.42. The predicted octanol–water partition coefficient (Wildman–Crippen LogP) is 3.48. The lowest BCUT2D eigenvalue weighted by molar-refractivity contribution is 0.0605. The number of hydrogen-bond donors (Lipinski definition) is 0. The molecule has 19 heavy (non-hydrogen) atoms. The molecule has 0 amide bonds. The van der Waals surface area contributed by atoms with Gasteiger partial charge in [-0.05, 0) is 25.1 Å². The molecule has 2 aromatic carbocycles. The zero-order chi connectivity index (χ0) is 13.4. The number of aryl methyl sites for hydroxylation is 1. The van der Waals surface area contributed by atoms with Crippen molar-refractivity contribution in [1.29, 1.82) is 0 Å². The molecule has 1 heterocycles. The third-order valence-electron chi connectivity index (χ3n) is 3.23. The SMILES string of the molecule is COC(=O)c1c2ccccc2nc2ccc(C)cc12. The van der Waals surface area contributed by atoms with Gasteiger partial charge in [-0.3, -0.25) is 0 Å². The Morgan fingerprint density at radius 3 is 2.58 bits per heavy atom. The van der Waals surface area contributed by atoms with E-state index in [9.17, 15) is 4.79 Å². The van der Waals surface area contributed by atoms with Crippen LogP contribution in [0.15, 0.2) is 42.5 Å². The van der Waals surface area contributed by atoms with Gasteiger partial charge >= 0.3 is 5.97 Å². The number of nitrogens with zero attached hydrogens (tertiary/aromatic N) is 1. The fourth-order valence-electron chi connectivity index (χ4n) is 2.33. The van der Waals surface area contributed by atoms with Gasteiger partial charge in [-0.1, -0.05) is 29.8 Å². The van der Waals surface area contributed by atoms with Gasteiger partial charge in [-0.25, -0.2) is 9.78 Å². The summed E-state index contributed by atoms with van der Waals surface area (Å²) >= 11 is 0. The third kappa shape index (κ3) is 1.83. The monoisotopic (exact) mass is 251 g/mol. The van der Waals surface area contributed by atoms with Crippen molar-refractivity contribution >= 4 is 27.8 Å². The highest BCUT2D eigenvalue weighted by molar-refractivity contribution is 6.14.